The molecule has 138 valence electrons. The van der Waals surface area contributed by atoms with Gasteiger partial charge in [0.05, 0.1) is 0 Å². The standard InChI is InChI=1S/C19H22FN3O3/c1-23(12-13-26-17-5-3-2-4-16(17)20)11-10-18(24)22-15-8-6-14(7-9-15)19(21)25/h2-9H,10-13H2,1H3,(H2,21,25)(H,22,24). The molecule has 2 rings (SSSR count). The van der Waals surface area contributed by atoms with Gasteiger partial charge in [-0.25, -0.2) is 4.39 Å². The number of nitrogens with two attached hydrogens (primary N) is 1. The van der Waals surface area contributed by atoms with Crippen molar-refractivity contribution in [2.24, 2.45) is 5.73 Å². The van der Waals surface area contributed by atoms with Gasteiger partial charge in [-0.2, -0.15) is 0 Å². The van der Waals surface area contributed by atoms with E-state index in [0.717, 1.165) is 0 Å². The third-order valence-corrected chi connectivity index (χ3v) is 3.74. The Morgan fingerprint density at radius 3 is 2.46 bits per heavy atom. The number of benzene rings is 2. The van der Waals surface area contributed by atoms with Gasteiger partial charge in [0.2, 0.25) is 11.8 Å². The average Bonchev–Trinajstić information content (AvgIpc) is 2.62. The fraction of sp³-hybridized carbons (Fsp3) is 0.263. The van der Waals surface area contributed by atoms with Gasteiger partial charge < -0.3 is 20.7 Å². The second-order valence-electron chi connectivity index (χ2n) is 5.82. The number of halogens is 1. The van der Waals surface area contributed by atoms with Gasteiger partial charge in [-0.15, -0.1) is 0 Å². The lowest BCUT2D eigenvalue weighted by Crippen LogP contribution is -2.28. The number of carbonyl (C=O) groups is 2. The van der Waals surface area contributed by atoms with Crippen molar-refractivity contribution in [3.8, 4) is 5.75 Å². The lowest BCUT2D eigenvalue weighted by Gasteiger charge is -2.17. The molecule has 26 heavy (non-hydrogen) atoms. The van der Waals surface area contributed by atoms with Crippen LogP contribution in [-0.4, -0.2) is 43.5 Å². The first kappa shape index (κ1) is 19.4. The third-order valence-electron chi connectivity index (χ3n) is 3.74. The van der Waals surface area contributed by atoms with Crippen molar-refractivity contribution < 1.29 is 18.7 Å². The molecule has 0 radical (unpaired) electrons. The molecule has 2 aromatic rings. The minimum Gasteiger partial charge on any atom is -0.489 e. The zero-order valence-corrected chi connectivity index (χ0v) is 14.6. The highest BCUT2D eigenvalue weighted by molar-refractivity contribution is 5.94. The van der Waals surface area contributed by atoms with E-state index in [4.69, 9.17) is 10.5 Å². The van der Waals surface area contributed by atoms with Crippen molar-refractivity contribution in [1.29, 1.82) is 0 Å². The summed E-state index contributed by atoms with van der Waals surface area (Å²) in [7, 11) is 1.86. The number of primary amides is 1. The van der Waals surface area contributed by atoms with Crippen LogP contribution in [-0.2, 0) is 4.79 Å². The normalized spacial score (nSPS) is 10.6. The van der Waals surface area contributed by atoms with Crippen LogP contribution >= 0.6 is 0 Å². The van der Waals surface area contributed by atoms with Crippen LogP contribution in [0.25, 0.3) is 0 Å². The third kappa shape index (κ3) is 6.18. The largest absolute Gasteiger partial charge is 0.489 e. The number of para-hydroxylation sites is 1. The Morgan fingerprint density at radius 2 is 1.81 bits per heavy atom. The number of carbonyl (C=O) groups excluding carboxylic acids is 2. The second-order valence-corrected chi connectivity index (χ2v) is 5.82. The van der Waals surface area contributed by atoms with Crippen LogP contribution < -0.4 is 15.8 Å². The molecular formula is C19H22FN3O3. The number of amides is 2. The summed E-state index contributed by atoms with van der Waals surface area (Å²) < 4.78 is 18.8. The fourth-order valence-corrected chi connectivity index (χ4v) is 2.22. The number of nitrogens with zero attached hydrogens (tertiary/aromatic N) is 1. The number of ether oxygens (including phenoxy) is 1. The maximum Gasteiger partial charge on any atom is 0.248 e. The molecule has 0 atom stereocenters. The summed E-state index contributed by atoms with van der Waals surface area (Å²) in [4.78, 5) is 24.9. The maximum atomic E-state index is 13.4. The zero-order valence-electron chi connectivity index (χ0n) is 14.6. The van der Waals surface area contributed by atoms with E-state index < -0.39 is 11.7 Å². The molecule has 0 unspecified atom stereocenters. The molecule has 3 N–H and O–H groups in total. The molecule has 6 nitrogen and oxygen atoms in total. The van der Waals surface area contributed by atoms with Gasteiger partial charge in [0, 0.05) is 30.8 Å². The Bertz CT molecular complexity index is 750. The molecule has 0 bridgehead atoms. The lowest BCUT2D eigenvalue weighted by molar-refractivity contribution is -0.116. The van der Waals surface area contributed by atoms with E-state index in [1.165, 1.54) is 6.07 Å². The molecule has 0 aliphatic rings. The molecule has 0 fully saturated rings. The summed E-state index contributed by atoms with van der Waals surface area (Å²) in [5, 5.41) is 2.75. The van der Waals surface area contributed by atoms with E-state index >= 15 is 0 Å². The Labute approximate surface area is 151 Å². The summed E-state index contributed by atoms with van der Waals surface area (Å²) in [5.41, 5.74) is 6.16. The first-order valence-corrected chi connectivity index (χ1v) is 8.21. The van der Waals surface area contributed by atoms with Crippen molar-refractivity contribution in [2.75, 3.05) is 32.1 Å². The molecule has 7 heteroatoms. The van der Waals surface area contributed by atoms with Gasteiger partial charge in [0.15, 0.2) is 11.6 Å². The first-order valence-electron chi connectivity index (χ1n) is 8.21. The number of nitrogens with one attached hydrogen (secondary N) is 1. The minimum atomic E-state index is -0.512. The fourth-order valence-electron chi connectivity index (χ4n) is 2.22. The molecule has 0 aliphatic carbocycles. The number of hydrogen-bond donors (Lipinski definition) is 2. The molecule has 0 heterocycles. The zero-order chi connectivity index (χ0) is 18.9. The molecule has 2 amide bonds. The predicted octanol–water partition coefficient (Wildman–Crippen LogP) is 2.26. The number of rotatable bonds is 9. The van der Waals surface area contributed by atoms with E-state index in [0.29, 0.717) is 37.4 Å². The van der Waals surface area contributed by atoms with E-state index in [9.17, 15) is 14.0 Å². The number of likely N-dealkylation sites (N-methyl/N-ethyl adjacent to an activating group) is 1. The molecule has 0 spiro atoms. The SMILES string of the molecule is CN(CCOc1ccccc1F)CCC(=O)Nc1ccc(C(N)=O)cc1. The molecule has 0 saturated heterocycles. The molecule has 0 saturated carbocycles. The molecular weight excluding hydrogens is 337 g/mol. The summed E-state index contributed by atoms with van der Waals surface area (Å²) in [6.07, 6.45) is 0.299. The summed E-state index contributed by atoms with van der Waals surface area (Å²) in [6.45, 7) is 1.42. The number of anilines is 1. The smallest absolute Gasteiger partial charge is 0.248 e. The highest BCUT2D eigenvalue weighted by Gasteiger charge is 2.07. The van der Waals surface area contributed by atoms with E-state index in [-0.39, 0.29) is 11.7 Å². The Balaban J connectivity index is 1.68. The van der Waals surface area contributed by atoms with Crippen molar-refractivity contribution in [1.82, 2.24) is 4.90 Å². The van der Waals surface area contributed by atoms with Gasteiger partial charge in [-0.1, -0.05) is 12.1 Å². The topological polar surface area (TPSA) is 84.7 Å². The van der Waals surface area contributed by atoms with Gasteiger partial charge in [0.25, 0.3) is 0 Å². The average molecular weight is 359 g/mol. The van der Waals surface area contributed by atoms with Crippen LogP contribution in [0.4, 0.5) is 10.1 Å². The van der Waals surface area contributed by atoms with Crippen LogP contribution in [0.2, 0.25) is 0 Å². The van der Waals surface area contributed by atoms with E-state index in [1.807, 2.05) is 11.9 Å². The lowest BCUT2D eigenvalue weighted by atomic mass is 10.2. The molecule has 2 aromatic carbocycles. The van der Waals surface area contributed by atoms with Crippen molar-refractivity contribution in [3.63, 3.8) is 0 Å². The van der Waals surface area contributed by atoms with Crippen molar-refractivity contribution in [3.05, 3.63) is 59.9 Å². The maximum absolute atomic E-state index is 13.4. The predicted molar refractivity (Wildman–Crippen MR) is 97.6 cm³/mol. The van der Waals surface area contributed by atoms with Gasteiger partial charge in [-0.3, -0.25) is 9.59 Å². The quantitative estimate of drug-likeness (QED) is 0.719. The monoisotopic (exact) mass is 359 g/mol. The van der Waals surface area contributed by atoms with Gasteiger partial charge >= 0.3 is 0 Å². The van der Waals surface area contributed by atoms with Crippen molar-refractivity contribution >= 4 is 17.5 Å². The van der Waals surface area contributed by atoms with Crippen LogP contribution in [0, 0.1) is 5.82 Å². The molecule has 0 aromatic heterocycles. The second kappa shape index (κ2) is 9.53. The van der Waals surface area contributed by atoms with Gasteiger partial charge in [0.1, 0.15) is 6.61 Å². The Kier molecular flexibility index (Phi) is 7.11. The van der Waals surface area contributed by atoms with Crippen molar-refractivity contribution in [2.45, 2.75) is 6.42 Å². The van der Waals surface area contributed by atoms with Crippen LogP contribution in [0.3, 0.4) is 0 Å². The van der Waals surface area contributed by atoms with Crippen LogP contribution in [0.15, 0.2) is 48.5 Å². The minimum absolute atomic E-state index is 0.140. The Morgan fingerprint density at radius 1 is 1.12 bits per heavy atom. The van der Waals surface area contributed by atoms with E-state index in [1.54, 1.807) is 42.5 Å². The van der Waals surface area contributed by atoms with Crippen LogP contribution in [0.1, 0.15) is 16.8 Å². The first-order chi connectivity index (χ1) is 12.5. The molecule has 0 aliphatic heterocycles. The number of hydrogen-bond acceptors (Lipinski definition) is 4. The highest BCUT2D eigenvalue weighted by Crippen LogP contribution is 2.15. The van der Waals surface area contributed by atoms with Gasteiger partial charge in [-0.05, 0) is 43.4 Å². The van der Waals surface area contributed by atoms with Crippen LogP contribution in [0.5, 0.6) is 5.75 Å². The summed E-state index contributed by atoms with van der Waals surface area (Å²) in [5.74, 6) is -0.823. The Hall–Kier alpha value is -2.93. The summed E-state index contributed by atoms with van der Waals surface area (Å²) in [6, 6.07) is 12.6. The highest BCUT2D eigenvalue weighted by atomic mass is 19.1. The van der Waals surface area contributed by atoms with E-state index in [2.05, 4.69) is 5.32 Å². The summed E-state index contributed by atoms with van der Waals surface area (Å²) >= 11 is 0.